The lowest BCUT2D eigenvalue weighted by Gasteiger charge is -2.04. The van der Waals surface area contributed by atoms with Crippen molar-refractivity contribution >= 4 is 5.71 Å². The summed E-state index contributed by atoms with van der Waals surface area (Å²) in [7, 11) is 1.96. The smallest absolute Gasteiger partial charge is 0.0362 e. The molecule has 12 heavy (non-hydrogen) atoms. The van der Waals surface area contributed by atoms with Gasteiger partial charge in [-0.3, -0.25) is 0 Å². The SMILES string of the molecule is CN/C(=C\C(=N)C1CC1)C1CC1. The van der Waals surface area contributed by atoms with Gasteiger partial charge in [-0.15, -0.1) is 0 Å². The first-order valence-corrected chi connectivity index (χ1v) is 4.79. The lowest BCUT2D eigenvalue weighted by atomic mass is 10.2. The summed E-state index contributed by atoms with van der Waals surface area (Å²) >= 11 is 0. The Morgan fingerprint density at radius 3 is 2.25 bits per heavy atom. The Morgan fingerprint density at radius 2 is 1.83 bits per heavy atom. The Balaban J connectivity index is 1.97. The molecule has 2 N–H and O–H groups in total. The Kier molecular flexibility index (Phi) is 1.91. The molecule has 0 aromatic heterocycles. The lowest BCUT2D eigenvalue weighted by Crippen LogP contribution is -2.10. The average Bonchev–Trinajstić information content (AvgIpc) is 2.89. The molecule has 0 spiro atoms. The van der Waals surface area contributed by atoms with Crippen molar-refractivity contribution < 1.29 is 0 Å². The van der Waals surface area contributed by atoms with E-state index in [2.05, 4.69) is 11.4 Å². The van der Waals surface area contributed by atoms with Gasteiger partial charge < -0.3 is 10.7 Å². The zero-order valence-electron chi connectivity index (χ0n) is 7.56. The first-order chi connectivity index (χ1) is 5.81. The van der Waals surface area contributed by atoms with Crippen molar-refractivity contribution in [2.24, 2.45) is 11.8 Å². The molecule has 2 heteroatoms. The van der Waals surface area contributed by atoms with Crippen LogP contribution in [0.2, 0.25) is 0 Å². The molecule has 2 rings (SSSR count). The van der Waals surface area contributed by atoms with Crippen LogP contribution in [-0.2, 0) is 0 Å². The molecule has 0 bridgehead atoms. The van der Waals surface area contributed by atoms with Gasteiger partial charge in [0, 0.05) is 24.4 Å². The molecule has 2 saturated carbocycles. The summed E-state index contributed by atoms with van der Waals surface area (Å²) in [6.07, 6.45) is 7.14. The first kappa shape index (κ1) is 7.84. The second-order valence-corrected chi connectivity index (χ2v) is 3.85. The van der Waals surface area contributed by atoms with E-state index in [1.54, 1.807) is 0 Å². The molecule has 0 radical (unpaired) electrons. The molecule has 0 amide bonds. The van der Waals surface area contributed by atoms with E-state index in [-0.39, 0.29) is 0 Å². The van der Waals surface area contributed by atoms with Crippen molar-refractivity contribution in [2.45, 2.75) is 25.7 Å². The summed E-state index contributed by atoms with van der Waals surface area (Å²) in [5.41, 5.74) is 2.12. The molecule has 0 atom stereocenters. The normalized spacial score (nSPS) is 23.9. The zero-order valence-corrected chi connectivity index (χ0v) is 7.56. The zero-order chi connectivity index (χ0) is 8.55. The van der Waals surface area contributed by atoms with Gasteiger partial charge in [-0.2, -0.15) is 0 Å². The molecule has 0 aliphatic heterocycles. The van der Waals surface area contributed by atoms with Crippen molar-refractivity contribution in [3.63, 3.8) is 0 Å². The van der Waals surface area contributed by atoms with Crippen LogP contribution in [0.5, 0.6) is 0 Å². The highest BCUT2D eigenvalue weighted by molar-refractivity contribution is 5.96. The van der Waals surface area contributed by atoms with E-state index in [0.717, 1.165) is 11.6 Å². The number of hydrogen-bond donors (Lipinski definition) is 2. The molecule has 0 heterocycles. The van der Waals surface area contributed by atoms with Crippen LogP contribution in [0.15, 0.2) is 11.8 Å². The fraction of sp³-hybridized carbons (Fsp3) is 0.700. The molecular formula is C10H16N2. The maximum atomic E-state index is 7.74. The first-order valence-electron chi connectivity index (χ1n) is 4.79. The Hall–Kier alpha value is -0.790. The largest absolute Gasteiger partial charge is 0.391 e. The Morgan fingerprint density at radius 1 is 1.25 bits per heavy atom. The second-order valence-electron chi connectivity index (χ2n) is 3.85. The maximum Gasteiger partial charge on any atom is 0.0362 e. The third-order valence-electron chi connectivity index (χ3n) is 2.63. The summed E-state index contributed by atoms with van der Waals surface area (Å²) in [5.74, 6) is 1.33. The number of allylic oxidation sites excluding steroid dienone is 2. The van der Waals surface area contributed by atoms with Gasteiger partial charge in [0.1, 0.15) is 0 Å². The summed E-state index contributed by atoms with van der Waals surface area (Å²) in [6.45, 7) is 0. The van der Waals surface area contributed by atoms with Crippen LogP contribution in [0.1, 0.15) is 25.7 Å². The van der Waals surface area contributed by atoms with E-state index in [9.17, 15) is 0 Å². The molecule has 2 aliphatic carbocycles. The van der Waals surface area contributed by atoms with Crippen LogP contribution in [0.25, 0.3) is 0 Å². The molecule has 0 unspecified atom stereocenters. The van der Waals surface area contributed by atoms with Crippen LogP contribution in [0.3, 0.4) is 0 Å². The van der Waals surface area contributed by atoms with Crippen molar-refractivity contribution in [2.75, 3.05) is 7.05 Å². The van der Waals surface area contributed by atoms with E-state index in [1.165, 1.54) is 31.4 Å². The van der Waals surface area contributed by atoms with Gasteiger partial charge in [0.15, 0.2) is 0 Å². The van der Waals surface area contributed by atoms with E-state index in [1.807, 2.05) is 7.05 Å². The Bertz CT molecular complexity index is 222. The average molecular weight is 164 g/mol. The third-order valence-corrected chi connectivity index (χ3v) is 2.63. The highest BCUT2D eigenvalue weighted by Gasteiger charge is 2.29. The fourth-order valence-electron chi connectivity index (χ4n) is 1.47. The molecule has 0 aromatic rings. The molecule has 0 aromatic carbocycles. The highest BCUT2D eigenvalue weighted by Crippen LogP contribution is 2.36. The minimum Gasteiger partial charge on any atom is -0.391 e. The summed E-state index contributed by atoms with van der Waals surface area (Å²) in [4.78, 5) is 0. The topological polar surface area (TPSA) is 35.9 Å². The van der Waals surface area contributed by atoms with Gasteiger partial charge in [-0.25, -0.2) is 0 Å². The molecule has 66 valence electrons. The van der Waals surface area contributed by atoms with Crippen LogP contribution < -0.4 is 5.32 Å². The van der Waals surface area contributed by atoms with Crippen molar-refractivity contribution in [3.8, 4) is 0 Å². The summed E-state index contributed by atoms with van der Waals surface area (Å²) in [6, 6.07) is 0. The standard InChI is InChI=1S/C10H16N2/c1-12-10(8-4-5-8)6-9(11)7-2-3-7/h6-8,11-12H,2-5H2,1H3/b10-6-,11-9?. The number of rotatable bonds is 4. The fourth-order valence-corrected chi connectivity index (χ4v) is 1.47. The van der Waals surface area contributed by atoms with Gasteiger partial charge in [-0.05, 0) is 37.7 Å². The quantitative estimate of drug-likeness (QED) is 0.612. The van der Waals surface area contributed by atoms with Crippen LogP contribution in [0.4, 0.5) is 0 Å². The van der Waals surface area contributed by atoms with Gasteiger partial charge >= 0.3 is 0 Å². The van der Waals surface area contributed by atoms with E-state index < -0.39 is 0 Å². The highest BCUT2D eigenvalue weighted by atomic mass is 14.9. The number of hydrogen-bond acceptors (Lipinski definition) is 2. The molecule has 2 aliphatic rings. The predicted octanol–water partition coefficient (Wildman–Crippen LogP) is 1.93. The van der Waals surface area contributed by atoms with Crippen LogP contribution >= 0.6 is 0 Å². The van der Waals surface area contributed by atoms with Gasteiger partial charge in [-0.1, -0.05) is 0 Å². The van der Waals surface area contributed by atoms with Crippen molar-refractivity contribution in [1.29, 1.82) is 5.41 Å². The van der Waals surface area contributed by atoms with E-state index >= 15 is 0 Å². The Labute approximate surface area is 73.6 Å². The van der Waals surface area contributed by atoms with Gasteiger partial charge in [0.05, 0.1) is 0 Å². The lowest BCUT2D eigenvalue weighted by molar-refractivity contribution is 0.847. The maximum absolute atomic E-state index is 7.74. The van der Waals surface area contributed by atoms with Crippen LogP contribution in [-0.4, -0.2) is 12.8 Å². The van der Waals surface area contributed by atoms with Gasteiger partial charge in [0.25, 0.3) is 0 Å². The molecule has 2 nitrogen and oxygen atoms in total. The third kappa shape index (κ3) is 1.68. The second kappa shape index (κ2) is 2.92. The molecular weight excluding hydrogens is 148 g/mol. The predicted molar refractivity (Wildman–Crippen MR) is 50.3 cm³/mol. The molecule has 2 fully saturated rings. The van der Waals surface area contributed by atoms with E-state index in [0.29, 0.717) is 5.92 Å². The summed E-state index contributed by atoms with van der Waals surface area (Å²) in [5, 5.41) is 10.9. The number of nitrogens with one attached hydrogen (secondary N) is 2. The van der Waals surface area contributed by atoms with Gasteiger partial charge in [0.2, 0.25) is 0 Å². The van der Waals surface area contributed by atoms with E-state index in [4.69, 9.17) is 5.41 Å². The van der Waals surface area contributed by atoms with Crippen LogP contribution in [0, 0.1) is 17.2 Å². The minimum absolute atomic E-state index is 0.590. The monoisotopic (exact) mass is 164 g/mol. The molecule has 0 saturated heterocycles. The summed E-state index contributed by atoms with van der Waals surface area (Å²) < 4.78 is 0. The van der Waals surface area contributed by atoms with Crippen molar-refractivity contribution in [1.82, 2.24) is 5.32 Å². The minimum atomic E-state index is 0.590. The van der Waals surface area contributed by atoms with Crippen molar-refractivity contribution in [3.05, 3.63) is 11.8 Å².